The van der Waals surface area contributed by atoms with Crippen LogP contribution in [0.2, 0.25) is 0 Å². The first kappa shape index (κ1) is 19.5. The van der Waals surface area contributed by atoms with Gasteiger partial charge in [0.2, 0.25) is 0 Å². The molecule has 1 aliphatic heterocycles. The minimum Gasteiger partial charge on any atom is -0.365 e. The Morgan fingerprint density at radius 1 is 1.00 bits per heavy atom. The molecule has 4 aromatic rings. The lowest BCUT2D eigenvalue weighted by molar-refractivity contribution is 0.100. The summed E-state index contributed by atoms with van der Waals surface area (Å²) in [6, 6.07) is 19.5. The smallest absolute Gasteiger partial charge is 0.264 e. The molecule has 2 aromatic carbocycles. The number of carbonyl (C=O) groups is 1. The summed E-state index contributed by atoms with van der Waals surface area (Å²) in [5.41, 5.74) is 9.39. The maximum atomic E-state index is 13.6. The molecule has 2 N–H and O–H groups in total. The predicted molar refractivity (Wildman–Crippen MR) is 121 cm³/mol. The van der Waals surface area contributed by atoms with Crippen LogP contribution in [0.5, 0.6) is 0 Å². The number of benzene rings is 2. The zero-order valence-electron chi connectivity index (χ0n) is 16.2. The molecular weight excluding hydrogens is 430 g/mol. The number of hydrogen-bond donors (Lipinski definition) is 1. The molecule has 1 amide bonds. The molecule has 0 unspecified atom stereocenters. The molecule has 0 bridgehead atoms. The maximum absolute atomic E-state index is 13.6. The molecule has 5 rings (SSSR count). The van der Waals surface area contributed by atoms with Crippen molar-refractivity contribution in [1.82, 2.24) is 4.98 Å². The second-order valence-electron chi connectivity index (χ2n) is 7.12. The van der Waals surface area contributed by atoms with Crippen molar-refractivity contribution in [3.8, 4) is 21.6 Å². The fraction of sp³-hybridized carbons (Fsp3) is 0.0435. The molecule has 0 atom stereocenters. The normalized spacial score (nSPS) is 12.8. The van der Waals surface area contributed by atoms with Crippen molar-refractivity contribution < 1.29 is 13.2 Å². The van der Waals surface area contributed by atoms with Gasteiger partial charge in [0.05, 0.1) is 22.0 Å². The van der Waals surface area contributed by atoms with Crippen LogP contribution in [-0.4, -0.2) is 19.3 Å². The van der Waals surface area contributed by atoms with Crippen molar-refractivity contribution in [3.05, 3.63) is 89.6 Å². The molecular formula is C23H17N3O3S2. The van der Waals surface area contributed by atoms with Crippen molar-refractivity contribution in [1.29, 1.82) is 0 Å². The van der Waals surface area contributed by atoms with Crippen LogP contribution in [0.4, 0.5) is 5.69 Å². The second-order valence-corrected chi connectivity index (χ2v) is 10.0. The first-order valence-corrected chi connectivity index (χ1v) is 11.8. The molecule has 3 heterocycles. The number of thiophene rings is 1. The quantitative estimate of drug-likeness (QED) is 0.505. The van der Waals surface area contributed by atoms with Gasteiger partial charge in [0, 0.05) is 22.8 Å². The van der Waals surface area contributed by atoms with E-state index in [4.69, 9.17) is 5.73 Å². The molecule has 154 valence electrons. The van der Waals surface area contributed by atoms with E-state index in [1.807, 2.05) is 24.3 Å². The topological polar surface area (TPSA) is 93.4 Å². The Morgan fingerprint density at radius 2 is 1.77 bits per heavy atom. The number of fused-ring (bicyclic) bond motifs is 3. The van der Waals surface area contributed by atoms with Gasteiger partial charge >= 0.3 is 0 Å². The maximum Gasteiger partial charge on any atom is 0.264 e. The molecule has 8 heteroatoms. The lowest BCUT2D eigenvalue weighted by atomic mass is 10.0. The summed E-state index contributed by atoms with van der Waals surface area (Å²) < 4.78 is 28.5. The standard InChI is InChI=1S/C23H17N3O3S2/c24-23(27)21-12-17-14-26(20-6-2-1-5-19(20)22(17)30-21)31(28,29)18-9-7-15(8-10-18)16-4-3-11-25-13-16/h1-13H,14H2,(H2,24,27). The molecule has 0 fully saturated rings. The molecule has 1 aliphatic rings. The van der Waals surface area contributed by atoms with Crippen LogP contribution in [0.25, 0.3) is 21.6 Å². The number of para-hydroxylation sites is 1. The number of carbonyl (C=O) groups excluding carboxylic acids is 1. The zero-order chi connectivity index (χ0) is 21.6. The van der Waals surface area contributed by atoms with Crippen LogP contribution in [0.1, 0.15) is 15.2 Å². The first-order valence-electron chi connectivity index (χ1n) is 9.50. The van der Waals surface area contributed by atoms with E-state index in [0.29, 0.717) is 10.6 Å². The highest BCUT2D eigenvalue weighted by Crippen LogP contribution is 2.45. The molecule has 2 aromatic heterocycles. The van der Waals surface area contributed by atoms with E-state index in [2.05, 4.69) is 4.98 Å². The van der Waals surface area contributed by atoms with Gasteiger partial charge in [0.1, 0.15) is 0 Å². The number of pyridine rings is 1. The highest BCUT2D eigenvalue weighted by Gasteiger charge is 2.33. The lowest BCUT2D eigenvalue weighted by Crippen LogP contribution is -2.32. The average Bonchev–Trinajstić information content (AvgIpc) is 3.24. The Labute approximate surface area is 183 Å². The number of amides is 1. The Morgan fingerprint density at radius 3 is 2.48 bits per heavy atom. The number of sulfonamides is 1. The number of rotatable bonds is 4. The van der Waals surface area contributed by atoms with Gasteiger partial charge in [0.15, 0.2) is 0 Å². The third-order valence-corrected chi connectivity index (χ3v) is 8.22. The van der Waals surface area contributed by atoms with Gasteiger partial charge in [0.25, 0.3) is 15.9 Å². The Balaban J connectivity index is 1.57. The summed E-state index contributed by atoms with van der Waals surface area (Å²) in [4.78, 5) is 17.3. The van der Waals surface area contributed by atoms with Crippen LogP contribution in [0, 0.1) is 0 Å². The molecule has 0 aliphatic carbocycles. The number of nitrogens with zero attached hydrogens (tertiary/aromatic N) is 2. The van der Waals surface area contributed by atoms with E-state index in [-0.39, 0.29) is 11.4 Å². The third kappa shape index (κ3) is 3.30. The SMILES string of the molecule is NC(=O)c1cc2c(s1)-c1ccccc1N(S(=O)(=O)c1ccc(-c3cccnc3)cc1)C2. The summed E-state index contributed by atoms with van der Waals surface area (Å²) in [6.07, 6.45) is 3.43. The highest BCUT2D eigenvalue weighted by atomic mass is 32.2. The predicted octanol–water partition coefficient (Wildman–Crippen LogP) is 4.28. The van der Waals surface area contributed by atoms with Crippen molar-refractivity contribution in [2.45, 2.75) is 11.4 Å². The van der Waals surface area contributed by atoms with Gasteiger partial charge < -0.3 is 5.73 Å². The fourth-order valence-corrected chi connectivity index (χ4v) is 6.23. The van der Waals surface area contributed by atoms with Crippen molar-refractivity contribution >= 4 is 33.0 Å². The molecule has 31 heavy (non-hydrogen) atoms. The Kier molecular flexibility index (Phi) is 4.60. The zero-order valence-corrected chi connectivity index (χ0v) is 17.9. The van der Waals surface area contributed by atoms with Gasteiger partial charge in [-0.05, 0) is 47.0 Å². The van der Waals surface area contributed by atoms with Crippen LogP contribution < -0.4 is 10.0 Å². The molecule has 0 saturated heterocycles. The van der Waals surface area contributed by atoms with Crippen molar-refractivity contribution in [2.75, 3.05) is 4.31 Å². The van der Waals surface area contributed by atoms with Crippen LogP contribution >= 0.6 is 11.3 Å². The molecule has 0 spiro atoms. The summed E-state index contributed by atoms with van der Waals surface area (Å²) in [5.74, 6) is -0.516. The van der Waals surface area contributed by atoms with Crippen LogP contribution in [-0.2, 0) is 16.6 Å². The van der Waals surface area contributed by atoms with Gasteiger partial charge in [-0.3, -0.25) is 14.1 Å². The largest absolute Gasteiger partial charge is 0.365 e. The van der Waals surface area contributed by atoms with E-state index in [9.17, 15) is 13.2 Å². The number of hydrogen-bond acceptors (Lipinski definition) is 5. The molecule has 6 nitrogen and oxygen atoms in total. The number of anilines is 1. The monoisotopic (exact) mass is 447 g/mol. The minimum absolute atomic E-state index is 0.142. The summed E-state index contributed by atoms with van der Waals surface area (Å²) in [7, 11) is -3.82. The molecule has 0 saturated carbocycles. The summed E-state index contributed by atoms with van der Waals surface area (Å²) in [5, 5.41) is 0. The lowest BCUT2D eigenvalue weighted by Gasteiger charge is -2.30. The van der Waals surface area contributed by atoms with Gasteiger partial charge in [-0.25, -0.2) is 8.42 Å². The van der Waals surface area contributed by atoms with Crippen molar-refractivity contribution in [3.63, 3.8) is 0 Å². The van der Waals surface area contributed by atoms with Gasteiger partial charge in [-0.1, -0.05) is 36.4 Å². The van der Waals surface area contributed by atoms with E-state index in [1.54, 1.807) is 54.9 Å². The highest BCUT2D eigenvalue weighted by molar-refractivity contribution is 7.92. The molecule has 0 radical (unpaired) electrons. The first-order chi connectivity index (χ1) is 14.9. The van der Waals surface area contributed by atoms with Gasteiger partial charge in [-0.15, -0.1) is 11.3 Å². The summed E-state index contributed by atoms with van der Waals surface area (Å²) >= 11 is 1.29. The van der Waals surface area contributed by atoms with E-state index >= 15 is 0 Å². The Bertz CT molecular complexity index is 1400. The van der Waals surface area contributed by atoms with Crippen molar-refractivity contribution in [2.24, 2.45) is 5.73 Å². The van der Waals surface area contributed by atoms with E-state index in [1.165, 1.54) is 15.6 Å². The van der Waals surface area contributed by atoms with Gasteiger partial charge in [-0.2, -0.15) is 0 Å². The average molecular weight is 448 g/mol. The number of aromatic nitrogens is 1. The fourth-order valence-electron chi connectivity index (χ4n) is 3.71. The minimum atomic E-state index is -3.82. The third-order valence-electron chi connectivity index (χ3n) is 5.22. The second kappa shape index (κ2) is 7.33. The number of primary amides is 1. The summed E-state index contributed by atoms with van der Waals surface area (Å²) in [6.45, 7) is 0.142. The van der Waals surface area contributed by atoms with Crippen LogP contribution in [0.3, 0.4) is 0 Å². The Hall–Kier alpha value is -3.49. The number of nitrogens with two attached hydrogens (primary N) is 1. The van der Waals surface area contributed by atoms with E-state index < -0.39 is 15.9 Å². The van der Waals surface area contributed by atoms with Crippen LogP contribution in [0.15, 0.2) is 84.0 Å². The van der Waals surface area contributed by atoms with E-state index in [0.717, 1.165) is 27.1 Å².